The molecule has 5 nitrogen and oxygen atoms in total. The second-order valence-corrected chi connectivity index (χ2v) is 3.54. The molecule has 0 saturated carbocycles. The SMILES string of the molecule is CCN(CC)c1nc(C)c(C(=O)O)nc1C. The summed E-state index contributed by atoms with van der Waals surface area (Å²) in [5, 5.41) is 8.92. The lowest BCUT2D eigenvalue weighted by molar-refractivity contribution is 0.0689. The van der Waals surface area contributed by atoms with Crippen molar-refractivity contribution >= 4 is 11.8 Å². The monoisotopic (exact) mass is 223 g/mol. The molecule has 0 spiro atoms. The quantitative estimate of drug-likeness (QED) is 0.840. The first kappa shape index (κ1) is 12.4. The van der Waals surface area contributed by atoms with Crippen molar-refractivity contribution < 1.29 is 9.90 Å². The van der Waals surface area contributed by atoms with Crippen molar-refractivity contribution in [3.63, 3.8) is 0 Å². The van der Waals surface area contributed by atoms with Crippen LogP contribution in [0.1, 0.15) is 35.7 Å². The molecule has 0 saturated heterocycles. The van der Waals surface area contributed by atoms with E-state index in [0.29, 0.717) is 11.4 Å². The first-order valence-corrected chi connectivity index (χ1v) is 5.34. The summed E-state index contributed by atoms with van der Waals surface area (Å²) in [6.07, 6.45) is 0. The third kappa shape index (κ3) is 2.29. The molecule has 0 radical (unpaired) electrons. The number of hydrogen-bond acceptors (Lipinski definition) is 4. The number of nitrogens with zero attached hydrogens (tertiary/aromatic N) is 3. The van der Waals surface area contributed by atoms with Gasteiger partial charge in [0.15, 0.2) is 5.69 Å². The summed E-state index contributed by atoms with van der Waals surface area (Å²) in [7, 11) is 0. The Labute approximate surface area is 95.1 Å². The minimum absolute atomic E-state index is 0.0356. The molecule has 0 aliphatic carbocycles. The van der Waals surface area contributed by atoms with Crippen molar-refractivity contribution in [2.24, 2.45) is 0 Å². The predicted molar refractivity (Wildman–Crippen MR) is 62.0 cm³/mol. The number of carbonyl (C=O) groups is 1. The maximum Gasteiger partial charge on any atom is 0.356 e. The van der Waals surface area contributed by atoms with Crippen LogP contribution in [0.3, 0.4) is 0 Å². The molecule has 1 heterocycles. The Morgan fingerprint density at radius 2 is 1.75 bits per heavy atom. The number of hydrogen-bond donors (Lipinski definition) is 1. The molecule has 1 aromatic heterocycles. The molecular formula is C11H17N3O2. The number of aromatic nitrogens is 2. The van der Waals surface area contributed by atoms with Crippen LogP contribution in [-0.2, 0) is 0 Å². The van der Waals surface area contributed by atoms with Crippen LogP contribution in [0.25, 0.3) is 0 Å². The van der Waals surface area contributed by atoms with Crippen molar-refractivity contribution in [1.82, 2.24) is 9.97 Å². The molecule has 0 amide bonds. The minimum Gasteiger partial charge on any atom is -0.476 e. The molecule has 88 valence electrons. The molecule has 0 aromatic carbocycles. The fourth-order valence-corrected chi connectivity index (χ4v) is 1.62. The largest absolute Gasteiger partial charge is 0.476 e. The summed E-state index contributed by atoms with van der Waals surface area (Å²) in [4.78, 5) is 21.3. The molecule has 0 bridgehead atoms. The van der Waals surface area contributed by atoms with Crippen molar-refractivity contribution in [3.8, 4) is 0 Å². The maximum atomic E-state index is 10.9. The number of carboxylic acids is 1. The van der Waals surface area contributed by atoms with Gasteiger partial charge in [-0.15, -0.1) is 0 Å². The van der Waals surface area contributed by atoms with Gasteiger partial charge in [0.1, 0.15) is 5.82 Å². The van der Waals surface area contributed by atoms with E-state index in [4.69, 9.17) is 5.11 Å². The number of rotatable bonds is 4. The van der Waals surface area contributed by atoms with Gasteiger partial charge in [0, 0.05) is 13.1 Å². The molecule has 0 atom stereocenters. The van der Waals surface area contributed by atoms with E-state index < -0.39 is 5.97 Å². The lowest BCUT2D eigenvalue weighted by atomic mass is 10.3. The van der Waals surface area contributed by atoms with Gasteiger partial charge >= 0.3 is 5.97 Å². The van der Waals surface area contributed by atoms with Gasteiger partial charge in [-0.05, 0) is 27.7 Å². The van der Waals surface area contributed by atoms with Gasteiger partial charge in [0.25, 0.3) is 0 Å². The molecule has 16 heavy (non-hydrogen) atoms. The standard InChI is InChI=1S/C11H17N3O2/c1-5-14(6-2)10-8(4)12-9(11(15)16)7(3)13-10/h5-6H2,1-4H3,(H,15,16). The maximum absolute atomic E-state index is 10.9. The van der Waals surface area contributed by atoms with Crippen LogP contribution in [0.2, 0.25) is 0 Å². The van der Waals surface area contributed by atoms with E-state index in [1.165, 1.54) is 0 Å². The third-order valence-corrected chi connectivity index (χ3v) is 2.48. The Morgan fingerprint density at radius 3 is 2.19 bits per heavy atom. The zero-order valence-electron chi connectivity index (χ0n) is 10.1. The second-order valence-electron chi connectivity index (χ2n) is 3.54. The summed E-state index contributed by atoms with van der Waals surface area (Å²) < 4.78 is 0. The number of aromatic carboxylic acids is 1. The van der Waals surface area contributed by atoms with Crippen LogP contribution < -0.4 is 4.90 Å². The Morgan fingerprint density at radius 1 is 1.19 bits per heavy atom. The van der Waals surface area contributed by atoms with E-state index >= 15 is 0 Å². The van der Waals surface area contributed by atoms with Gasteiger partial charge in [-0.2, -0.15) is 0 Å². The third-order valence-electron chi connectivity index (χ3n) is 2.48. The molecule has 5 heteroatoms. The highest BCUT2D eigenvalue weighted by atomic mass is 16.4. The minimum atomic E-state index is -1.03. The Hall–Kier alpha value is -1.65. The van der Waals surface area contributed by atoms with E-state index in [1.807, 2.05) is 13.8 Å². The van der Waals surface area contributed by atoms with Gasteiger partial charge in [-0.1, -0.05) is 0 Å². The summed E-state index contributed by atoms with van der Waals surface area (Å²) in [5.74, 6) is -0.258. The topological polar surface area (TPSA) is 66.3 Å². The molecule has 1 aromatic rings. The van der Waals surface area contributed by atoms with Gasteiger partial charge < -0.3 is 10.0 Å². The van der Waals surface area contributed by atoms with Gasteiger partial charge in [-0.25, -0.2) is 14.8 Å². The summed E-state index contributed by atoms with van der Waals surface area (Å²) in [5.41, 5.74) is 1.15. The lowest BCUT2D eigenvalue weighted by Gasteiger charge is -2.21. The average molecular weight is 223 g/mol. The first-order chi connectivity index (χ1) is 7.51. The average Bonchev–Trinajstić information content (AvgIpc) is 2.23. The molecule has 0 fully saturated rings. The first-order valence-electron chi connectivity index (χ1n) is 5.34. The van der Waals surface area contributed by atoms with Crippen molar-refractivity contribution in [3.05, 3.63) is 17.1 Å². The highest BCUT2D eigenvalue weighted by Crippen LogP contribution is 2.17. The molecule has 0 aliphatic rings. The van der Waals surface area contributed by atoms with Crippen molar-refractivity contribution in [1.29, 1.82) is 0 Å². The van der Waals surface area contributed by atoms with Gasteiger partial charge in [0.05, 0.1) is 11.4 Å². The van der Waals surface area contributed by atoms with Crippen molar-refractivity contribution in [2.45, 2.75) is 27.7 Å². The molecule has 1 N–H and O–H groups in total. The second kappa shape index (κ2) is 4.92. The number of carboxylic acid groups (broad SMARTS) is 1. The van der Waals surface area contributed by atoms with Crippen LogP contribution in [0.15, 0.2) is 0 Å². The van der Waals surface area contributed by atoms with Crippen LogP contribution >= 0.6 is 0 Å². The van der Waals surface area contributed by atoms with Gasteiger partial charge in [-0.3, -0.25) is 0 Å². The van der Waals surface area contributed by atoms with Gasteiger partial charge in [0.2, 0.25) is 0 Å². The fraction of sp³-hybridized carbons (Fsp3) is 0.545. The van der Waals surface area contributed by atoms with E-state index in [1.54, 1.807) is 13.8 Å². The fourth-order valence-electron chi connectivity index (χ4n) is 1.62. The highest BCUT2D eigenvalue weighted by Gasteiger charge is 2.16. The number of aryl methyl sites for hydroxylation is 2. The summed E-state index contributed by atoms with van der Waals surface area (Å²) in [6.45, 7) is 9.18. The van der Waals surface area contributed by atoms with E-state index in [0.717, 1.165) is 18.9 Å². The Balaban J connectivity index is 3.24. The zero-order valence-corrected chi connectivity index (χ0v) is 10.1. The smallest absolute Gasteiger partial charge is 0.356 e. The Bertz CT molecular complexity index is 400. The van der Waals surface area contributed by atoms with Crippen LogP contribution in [0, 0.1) is 13.8 Å². The zero-order chi connectivity index (χ0) is 12.3. The molecule has 0 unspecified atom stereocenters. The van der Waals surface area contributed by atoms with Crippen LogP contribution in [0.5, 0.6) is 0 Å². The molecular weight excluding hydrogens is 206 g/mol. The summed E-state index contributed by atoms with van der Waals surface area (Å²) >= 11 is 0. The van der Waals surface area contributed by atoms with E-state index in [-0.39, 0.29) is 5.69 Å². The van der Waals surface area contributed by atoms with Crippen LogP contribution in [-0.4, -0.2) is 34.1 Å². The van der Waals surface area contributed by atoms with Crippen LogP contribution in [0.4, 0.5) is 5.82 Å². The lowest BCUT2D eigenvalue weighted by Crippen LogP contribution is -2.25. The van der Waals surface area contributed by atoms with Crippen molar-refractivity contribution in [2.75, 3.05) is 18.0 Å². The molecule has 1 rings (SSSR count). The van der Waals surface area contributed by atoms with E-state index in [2.05, 4.69) is 14.9 Å². The predicted octanol–water partition coefficient (Wildman–Crippen LogP) is 1.64. The summed E-state index contributed by atoms with van der Waals surface area (Å²) in [6, 6.07) is 0. The normalized spacial score (nSPS) is 10.2. The van der Waals surface area contributed by atoms with E-state index in [9.17, 15) is 4.79 Å². The molecule has 0 aliphatic heterocycles. The highest BCUT2D eigenvalue weighted by molar-refractivity contribution is 5.86. The number of anilines is 1. The Kier molecular flexibility index (Phi) is 3.82.